The molecule has 1 atom stereocenters. The predicted molar refractivity (Wildman–Crippen MR) is 147 cm³/mol. The Morgan fingerprint density at radius 3 is 2.16 bits per heavy atom. The minimum absolute atomic E-state index is 0.0573. The first-order valence-corrected chi connectivity index (χ1v) is 12.0. The Bertz CT molecular complexity index is 1680. The number of benzene rings is 3. The number of aromatic amines is 1. The van der Waals surface area contributed by atoms with Crippen LogP contribution in [0.1, 0.15) is 33.4 Å². The molecule has 0 aliphatic heterocycles. The number of ether oxygens (including phenoxy) is 2. The molecule has 7 N–H and O–H groups in total. The number of carboxylic acids is 2. The zero-order chi connectivity index (χ0) is 31.9. The maximum absolute atomic E-state index is 12.9. The van der Waals surface area contributed by atoms with Crippen LogP contribution in [0.5, 0.6) is 11.5 Å². The Morgan fingerprint density at radius 1 is 1.02 bits per heavy atom. The Labute approximate surface area is 240 Å². The van der Waals surface area contributed by atoms with Crippen LogP contribution in [0.25, 0.3) is 5.69 Å². The van der Waals surface area contributed by atoms with Gasteiger partial charge in [-0.3, -0.25) is 10.4 Å². The lowest BCUT2D eigenvalue weighted by molar-refractivity contribution is -0.192. The van der Waals surface area contributed by atoms with Crippen molar-refractivity contribution in [3.05, 3.63) is 99.7 Å². The van der Waals surface area contributed by atoms with Gasteiger partial charge in [0.1, 0.15) is 11.9 Å². The van der Waals surface area contributed by atoms with Crippen molar-refractivity contribution in [3.8, 4) is 17.2 Å². The number of H-pyrrole nitrogens is 1. The minimum atomic E-state index is -5.08. The number of rotatable bonds is 9. The van der Waals surface area contributed by atoms with Gasteiger partial charge >= 0.3 is 23.8 Å². The van der Waals surface area contributed by atoms with Crippen LogP contribution in [-0.4, -0.2) is 63.1 Å². The molecule has 1 heterocycles. The average Bonchev–Trinajstić information content (AvgIpc) is 3.36. The molecule has 0 aliphatic carbocycles. The number of methoxy groups -OCH3 is 2. The van der Waals surface area contributed by atoms with E-state index in [1.165, 1.54) is 26.4 Å². The third-order valence-corrected chi connectivity index (χ3v) is 5.76. The Kier molecular flexibility index (Phi) is 9.77. The van der Waals surface area contributed by atoms with Gasteiger partial charge < -0.3 is 30.7 Å². The van der Waals surface area contributed by atoms with Crippen LogP contribution in [0, 0.1) is 5.41 Å². The molecule has 16 heteroatoms. The second-order valence-electron chi connectivity index (χ2n) is 8.54. The zero-order valence-corrected chi connectivity index (χ0v) is 22.5. The number of nitrogens with zero attached hydrogens (tertiary/aromatic N) is 2. The van der Waals surface area contributed by atoms with Crippen molar-refractivity contribution in [3.63, 3.8) is 0 Å². The molecule has 0 fully saturated rings. The van der Waals surface area contributed by atoms with Gasteiger partial charge in [0.2, 0.25) is 0 Å². The van der Waals surface area contributed by atoms with E-state index in [-0.39, 0.29) is 22.9 Å². The van der Waals surface area contributed by atoms with Gasteiger partial charge in [-0.05, 0) is 54.1 Å². The van der Waals surface area contributed by atoms with E-state index < -0.39 is 29.8 Å². The summed E-state index contributed by atoms with van der Waals surface area (Å²) in [5.74, 6) is -2.75. The Hall–Kier alpha value is -5.80. The van der Waals surface area contributed by atoms with Crippen molar-refractivity contribution in [2.45, 2.75) is 12.2 Å². The molecular weight excluding hydrogens is 577 g/mol. The van der Waals surface area contributed by atoms with Gasteiger partial charge in [-0.2, -0.15) is 17.9 Å². The summed E-state index contributed by atoms with van der Waals surface area (Å²) in [6.45, 7) is 0. The molecule has 1 unspecified atom stereocenters. The van der Waals surface area contributed by atoms with E-state index in [1.54, 1.807) is 54.6 Å². The predicted octanol–water partition coefficient (Wildman–Crippen LogP) is 3.39. The van der Waals surface area contributed by atoms with Crippen LogP contribution in [0.15, 0.2) is 71.5 Å². The fourth-order valence-electron chi connectivity index (χ4n) is 3.73. The third-order valence-electron chi connectivity index (χ3n) is 5.76. The van der Waals surface area contributed by atoms with Crippen LogP contribution in [0.2, 0.25) is 0 Å². The number of nitrogens with one attached hydrogen (secondary N) is 3. The maximum Gasteiger partial charge on any atom is 0.490 e. The molecule has 0 saturated heterocycles. The molecule has 1 aromatic heterocycles. The summed E-state index contributed by atoms with van der Waals surface area (Å²) < 4.78 is 43.5. The van der Waals surface area contributed by atoms with Gasteiger partial charge in [-0.25, -0.2) is 14.4 Å². The fraction of sp³-hybridized carbons (Fsp3) is 0.148. The van der Waals surface area contributed by atoms with E-state index in [1.807, 2.05) is 0 Å². The summed E-state index contributed by atoms with van der Waals surface area (Å²) in [4.78, 5) is 36.2. The van der Waals surface area contributed by atoms with Crippen LogP contribution < -0.4 is 26.2 Å². The van der Waals surface area contributed by atoms with Gasteiger partial charge in [-0.15, -0.1) is 5.10 Å². The number of halogens is 3. The van der Waals surface area contributed by atoms with Gasteiger partial charge in [0.15, 0.2) is 17.3 Å². The number of nitrogens with two attached hydrogens (primary N) is 1. The topological polar surface area (TPSA) is 206 Å². The standard InChI is InChI=1S/C25H24N6O5.C2HF3O2/c1-35-19-12-9-15(13-20(19)36-2)21(28-16-10-7-14(8-11-16)22(26)27)23-29-25(34)31(30-23)18-6-4-3-5-17(18)24(32)33;3-2(4,5)1(6)7/h3-13,21,28H,1-2H3,(H3,26,27)(H,32,33)(H,29,30,34);(H,6,7). The number of carboxylic acid groups (broad SMARTS) is 2. The van der Waals surface area contributed by atoms with E-state index in [4.69, 9.17) is 30.5 Å². The Balaban J connectivity index is 0.000000646. The first-order valence-electron chi connectivity index (χ1n) is 12.0. The second-order valence-corrected chi connectivity index (χ2v) is 8.54. The number of aromatic nitrogens is 3. The number of amidine groups is 1. The van der Waals surface area contributed by atoms with Crippen molar-refractivity contribution in [2.24, 2.45) is 5.73 Å². The fourth-order valence-corrected chi connectivity index (χ4v) is 3.73. The molecule has 4 rings (SSSR count). The first-order chi connectivity index (χ1) is 20.3. The quantitative estimate of drug-likeness (QED) is 0.122. The number of para-hydroxylation sites is 1. The van der Waals surface area contributed by atoms with Gasteiger partial charge in [-0.1, -0.05) is 18.2 Å². The highest BCUT2D eigenvalue weighted by Gasteiger charge is 2.38. The van der Waals surface area contributed by atoms with E-state index >= 15 is 0 Å². The molecular formula is C27H25F3N6O7. The lowest BCUT2D eigenvalue weighted by Crippen LogP contribution is -2.21. The third kappa shape index (κ3) is 7.69. The van der Waals surface area contributed by atoms with Crippen molar-refractivity contribution in [1.82, 2.24) is 14.8 Å². The average molecular weight is 603 g/mol. The lowest BCUT2D eigenvalue weighted by Gasteiger charge is -2.20. The van der Waals surface area contributed by atoms with Crippen LogP contribution in [0.3, 0.4) is 0 Å². The van der Waals surface area contributed by atoms with E-state index in [9.17, 15) is 27.9 Å². The molecule has 0 radical (unpaired) electrons. The summed E-state index contributed by atoms with van der Waals surface area (Å²) in [6.07, 6.45) is -5.08. The number of aliphatic carboxylic acids is 1. The lowest BCUT2D eigenvalue weighted by atomic mass is 10.0. The SMILES string of the molecule is COc1ccc(C(Nc2ccc(C(=N)N)cc2)c2nn(-c3ccccc3C(=O)O)c(=O)[nH]2)cc1OC.O=C(O)C(F)(F)F. The number of anilines is 1. The molecule has 0 amide bonds. The second kappa shape index (κ2) is 13.2. The van der Waals surface area contributed by atoms with Crippen molar-refractivity contribution >= 4 is 23.5 Å². The zero-order valence-electron chi connectivity index (χ0n) is 22.5. The number of hydrogen-bond donors (Lipinski definition) is 6. The first kappa shape index (κ1) is 31.7. The normalized spacial score (nSPS) is 11.5. The van der Waals surface area contributed by atoms with Crippen molar-refractivity contribution < 1.29 is 42.4 Å². The van der Waals surface area contributed by atoms with Gasteiger partial charge in [0.05, 0.1) is 25.5 Å². The number of hydrogen-bond acceptors (Lipinski definition) is 8. The minimum Gasteiger partial charge on any atom is -0.493 e. The molecule has 13 nitrogen and oxygen atoms in total. The summed E-state index contributed by atoms with van der Waals surface area (Å²) in [5.41, 5.74) is 6.95. The molecule has 4 aromatic rings. The number of nitrogen functional groups attached to an aromatic ring is 1. The molecule has 3 aromatic carbocycles. The van der Waals surface area contributed by atoms with E-state index in [0.717, 1.165) is 4.68 Å². The van der Waals surface area contributed by atoms with Crippen molar-refractivity contribution in [2.75, 3.05) is 19.5 Å². The molecule has 43 heavy (non-hydrogen) atoms. The van der Waals surface area contributed by atoms with Crippen LogP contribution >= 0.6 is 0 Å². The number of aromatic carboxylic acids is 1. The summed E-state index contributed by atoms with van der Waals surface area (Å²) in [5, 5.41) is 32.0. The summed E-state index contributed by atoms with van der Waals surface area (Å²) in [7, 11) is 3.05. The molecule has 0 bridgehead atoms. The number of alkyl halides is 3. The summed E-state index contributed by atoms with van der Waals surface area (Å²) in [6, 6.07) is 17.6. The molecule has 0 spiro atoms. The molecule has 0 aliphatic rings. The Morgan fingerprint density at radius 2 is 1.63 bits per heavy atom. The maximum atomic E-state index is 12.9. The monoisotopic (exact) mass is 602 g/mol. The van der Waals surface area contributed by atoms with Crippen molar-refractivity contribution in [1.29, 1.82) is 5.41 Å². The molecule has 226 valence electrons. The highest BCUT2D eigenvalue weighted by atomic mass is 19.4. The van der Waals surface area contributed by atoms with E-state index in [2.05, 4.69) is 15.4 Å². The smallest absolute Gasteiger partial charge is 0.490 e. The largest absolute Gasteiger partial charge is 0.493 e. The highest BCUT2D eigenvalue weighted by Crippen LogP contribution is 2.33. The van der Waals surface area contributed by atoms with Crippen LogP contribution in [-0.2, 0) is 4.79 Å². The van der Waals surface area contributed by atoms with Crippen LogP contribution in [0.4, 0.5) is 18.9 Å². The van der Waals surface area contributed by atoms with Gasteiger partial charge in [0, 0.05) is 11.3 Å². The van der Waals surface area contributed by atoms with Gasteiger partial charge in [0.25, 0.3) is 0 Å². The highest BCUT2D eigenvalue weighted by molar-refractivity contribution is 5.95. The molecule has 0 saturated carbocycles. The number of carbonyl (C=O) groups is 2. The van der Waals surface area contributed by atoms with E-state index in [0.29, 0.717) is 28.3 Å². The summed E-state index contributed by atoms with van der Waals surface area (Å²) >= 11 is 0.